The third kappa shape index (κ3) is 1.77. The molecule has 1 N–H and O–H groups in total. The van der Waals surface area contributed by atoms with Gasteiger partial charge in [0, 0.05) is 24.7 Å². The van der Waals surface area contributed by atoms with Crippen LogP contribution in [-0.4, -0.2) is 50.3 Å². The lowest BCUT2D eigenvalue weighted by Crippen LogP contribution is -2.51. The summed E-state index contributed by atoms with van der Waals surface area (Å²) in [7, 11) is 0. The van der Waals surface area contributed by atoms with Crippen LogP contribution < -0.4 is 0 Å². The fourth-order valence-electron chi connectivity index (χ4n) is 5.96. The molecule has 0 aromatic carbocycles. The number of carbonyl (C=O) groups excluding carboxylic acids is 1. The number of amides is 1. The van der Waals surface area contributed by atoms with E-state index in [4.69, 9.17) is 0 Å². The minimum absolute atomic E-state index is 0.188. The molecule has 124 valence electrons. The van der Waals surface area contributed by atoms with Gasteiger partial charge in [-0.3, -0.25) is 9.69 Å². The summed E-state index contributed by atoms with van der Waals surface area (Å²) in [5.74, 6) is 1.93. The van der Waals surface area contributed by atoms with E-state index in [-0.39, 0.29) is 5.54 Å². The molecular formula is C18H26N4O. The summed E-state index contributed by atoms with van der Waals surface area (Å²) < 4.78 is 0. The van der Waals surface area contributed by atoms with Crippen molar-refractivity contribution in [3.8, 4) is 0 Å². The van der Waals surface area contributed by atoms with Crippen molar-refractivity contribution < 1.29 is 4.79 Å². The number of H-pyrrole nitrogens is 1. The molecule has 23 heavy (non-hydrogen) atoms. The molecule has 1 amide bonds. The number of aromatic nitrogens is 2. The number of carbonyl (C=O) groups is 1. The van der Waals surface area contributed by atoms with Gasteiger partial charge in [-0.1, -0.05) is 12.8 Å². The van der Waals surface area contributed by atoms with E-state index in [1.54, 1.807) is 0 Å². The summed E-state index contributed by atoms with van der Waals surface area (Å²) in [5.41, 5.74) is 1.02. The lowest BCUT2D eigenvalue weighted by atomic mass is 9.85. The smallest absolute Gasteiger partial charge is 0.243 e. The van der Waals surface area contributed by atoms with Crippen molar-refractivity contribution >= 4 is 5.91 Å². The summed E-state index contributed by atoms with van der Waals surface area (Å²) in [6, 6.07) is 0.885. The zero-order valence-corrected chi connectivity index (χ0v) is 13.9. The van der Waals surface area contributed by atoms with E-state index >= 15 is 0 Å². The Morgan fingerprint density at radius 2 is 2.13 bits per heavy atom. The molecule has 0 radical (unpaired) electrons. The van der Waals surface area contributed by atoms with Crippen molar-refractivity contribution in [1.82, 2.24) is 19.8 Å². The van der Waals surface area contributed by atoms with Crippen LogP contribution in [0.3, 0.4) is 0 Å². The predicted octanol–water partition coefficient (Wildman–Crippen LogP) is 2.40. The van der Waals surface area contributed by atoms with Crippen LogP contribution in [0.5, 0.6) is 0 Å². The molecule has 1 spiro atoms. The fraction of sp³-hybridized carbons (Fsp3) is 0.778. The SMILES string of the molecule is Cc1ncc([C@@H]2C[C@H]3CN(C4CCCC4)C(=O)[C@]34CCCN24)[nH]1. The van der Waals surface area contributed by atoms with Crippen LogP contribution in [0.15, 0.2) is 6.20 Å². The summed E-state index contributed by atoms with van der Waals surface area (Å²) >= 11 is 0. The topological polar surface area (TPSA) is 52.2 Å². The first-order valence-corrected chi connectivity index (χ1v) is 9.29. The first-order chi connectivity index (χ1) is 11.2. The van der Waals surface area contributed by atoms with E-state index in [0.29, 0.717) is 23.9 Å². The lowest BCUT2D eigenvalue weighted by molar-refractivity contribution is -0.138. The van der Waals surface area contributed by atoms with Crippen LogP contribution >= 0.6 is 0 Å². The molecule has 1 saturated carbocycles. The molecule has 5 nitrogen and oxygen atoms in total. The molecule has 4 aliphatic rings. The highest BCUT2D eigenvalue weighted by atomic mass is 16.2. The van der Waals surface area contributed by atoms with Crippen molar-refractivity contribution in [2.24, 2.45) is 5.92 Å². The average molecular weight is 314 g/mol. The quantitative estimate of drug-likeness (QED) is 0.912. The van der Waals surface area contributed by atoms with Gasteiger partial charge in [-0.05, 0) is 45.6 Å². The Morgan fingerprint density at radius 3 is 2.87 bits per heavy atom. The van der Waals surface area contributed by atoms with Crippen molar-refractivity contribution in [2.45, 2.75) is 69.5 Å². The molecule has 1 aromatic rings. The second-order valence-electron chi connectivity index (χ2n) is 7.99. The monoisotopic (exact) mass is 314 g/mol. The van der Waals surface area contributed by atoms with Gasteiger partial charge in [-0.15, -0.1) is 0 Å². The van der Waals surface area contributed by atoms with Crippen LogP contribution in [0.2, 0.25) is 0 Å². The third-order valence-electron chi connectivity index (χ3n) is 6.92. The zero-order valence-electron chi connectivity index (χ0n) is 13.9. The van der Waals surface area contributed by atoms with Crippen molar-refractivity contribution in [2.75, 3.05) is 13.1 Å². The van der Waals surface area contributed by atoms with Gasteiger partial charge in [-0.2, -0.15) is 0 Å². The Hall–Kier alpha value is -1.36. The number of aromatic amines is 1. The molecule has 0 bridgehead atoms. The third-order valence-corrected chi connectivity index (χ3v) is 6.92. The Bertz CT molecular complexity index is 635. The van der Waals surface area contributed by atoms with Gasteiger partial charge in [-0.25, -0.2) is 4.98 Å². The minimum atomic E-state index is -0.188. The summed E-state index contributed by atoms with van der Waals surface area (Å²) in [4.78, 5) is 26.0. The number of hydrogen-bond donors (Lipinski definition) is 1. The Balaban J connectivity index is 1.47. The van der Waals surface area contributed by atoms with Crippen molar-refractivity contribution in [3.05, 3.63) is 17.7 Å². The van der Waals surface area contributed by atoms with Gasteiger partial charge in [0.1, 0.15) is 11.4 Å². The van der Waals surface area contributed by atoms with Gasteiger partial charge in [0.2, 0.25) is 5.91 Å². The first kappa shape index (κ1) is 14.0. The Kier molecular flexibility index (Phi) is 2.94. The highest BCUT2D eigenvalue weighted by molar-refractivity contribution is 5.90. The Morgan fingerprint density at radius 1 is 1.30 bits per heavy atom. The molecule has 0 unspecified atom stereocenters. The van der Waals surface area contributed by atoms with Gasteiger partial charge in [0.15, 0.2) is 0 Å². The van der Waals surface area contributed by atoms with Gasteiger partial charge in [0.25, 0.3) is 0 Å². The zero-order chi connectivity index (χ0) is 15.6. The number of imidazole rings is 1. The van der Waals surface area contributed by atoms with E-state index in [2.05, 4.69) is 19.8 Å². The number of nitrogens with zero attached hydrogens (tertiary/aromatic N) is 3. The summed E-state index contributed by atoms with van der Waals surface area (Å²) in [6.07, 6.45) is 10.3. The lowest BCUT2D eigenvalue weighted by Gasteiger charge is -2.34. The normalized spacial score (nSPS) is 37.8. The van der Waals surface area contributed by atoms with E-state index in [0.717, 1.165) is 38.2 Å². The molecule has 4 heterocycles. The van der Waals surface area contributed by atoms with Crippen molar-refractivity contribution in [3.63, 3.8) is 0 Å². The number of rotatable bonds is 2. The molecule has 3 atom stereocenters. The summed E-state index contributed by atoms with van der Waals surface area (Å²) in [6.45, 7) is 4.05. The van der Waals surface area contributed by atoms with E-state index in [1.165, 1.54) is 31.4 Å². The maximum atomic E-state index is 13.4. The summed E-state index contributed by atoms with van der Waals surface area (Å²) in [5, 5.41) is 0. The second-order valence-corrected chi connectivity index (χ2v) is 7.99. The molecule has 1 aromatic heterocycles. The van der Waals surface area contributed by atoms with Gasteiger partial charge >= 0.3 is 0 Å². The molecule has 3 saturated heterocycles. The van der Waals surface area contributed by atoms with Crippen LogP contribution in [0.25, 0.3) is 0 Å². The number of nitrogens with one attached hydrogen (secondary N) is 1. The maximum absolute atomic E-state index is 13.4. The maximum Gasteiger partial charge on any atom is 0.243 e. The molecule has 4 fully saturated rings. The molecule has 1 aliphatic carbocycles. The van der Waals surface area contributed by atoms with Gasteiger partial charge < -0.3 is 9.88 Å². The van der Waals surface area contributed by atoms with Crippen LogP contribution in [0, 0.1) is 12.8 Å². The second kappa shape index (κ2) is 4.82. The highest BCUT2D eigenvalue weighted by Gasteiger charge is 2.66. The largest absolute Gasteiger partial charge is 0.345 e. The average Bonchev–Trinajstić information content (AvgIpc) is 3.29. The van der Waals surface area contributed by atoms with E-state index < -0.39 is 0 Å². The molecule has 5 rings (SSSR count). The minimum Gasteiger partial charge on any atom is -0.345 e. The fourth-order valence-corrected chi connectivity index (χ4v) is 5.96. The van der Waals surface area contributed by atoms with E-state index in [9.17, 15) is 4.79 Å². The number of aryl methyl sites for hydroxylation is 1. The first-order valence-electron chi connectivity index (χ1n) is 9.29. The van der Waals surface area contributed by atoms with Crippen molar-refractivity contribution in [1.29, 1.82) is 0 Å². The molecular weight excluding hydrogens is 288 g/mol. The number of likely N-dealkylation sites (tertiary alicyclic amines) is 1. The van der Waals surface area contributed by atoms with Gasteiger partial charge in [0.05, 0.1) is 11.7 Å². The standard InChI is InChI=1S/C18H26N4O/c1-12-19-10-15(20-12)16-9-13-11-21(14-5-2-3-6-14)17(23)18(13)7-4-8-22(16)18/h10,13-14,16H,2-9,11H2,1H3,(H,19,20)/t13-,16-,18-/m0/s1. The predicted molar refractivity (Wildman–Crippen MR) is 86.8 cm³/mol. The molecule has 5 heteroatoms. The van der Waals surface area contributed by atoms with E-state index in [1.807, 2.05) is 13.1 Å². The highest BCUT2D eigenvalue weighted by Crippen LogP contribution is 2.56. The van der Waals surface area contributed by atoms with Crippen LogP contribution in [0.4, 0.5) is 0 Å². The number of hydrogen-bond acceptors (Lipinski definition) is 3. The van der Waals surface area contributed by atoms with Crippen LogP contribution in [0.1, 0.15) is 62.5 Å². The van der Waals surface area contributed by atoms with Crippen LogP contribution in [-0.2, 0) is 4.79 Å². The molecule has 3 aliphatic heterocycles. The Labute approximate surface area is 137 Å².